The Labute approximate surface area is 199 Å². The Balaban J connectivity index is 1.23. The third-order valence-corrected chi connectivity index (χ3v) is 7.38. The Morgan fingerprint density at radius 3 is 2.76 bits per heavy atom. The number of nitrogens with zero attached hydrogens (tertiary/aromatic N) is 3. The van der Waals surface area contributed by atoms with Gasteiger partial charge in [0, 0.05) is 29.2 Å². The molecule has 0 amide bonds. The molecule has 0 fully saturated rings. The van der Waals surface area contributed by atoms with Crippen LogP contribution in [0.1, 0.15) is 27.3 Å². The molecule has 5 rings (SSSR count). The number of carbonyl (C=O) groups excluding carboxylic acids is 1. The Morgan fingerprint density at radius 1 is 1.09 bits per heavy atom. The number of aromatic nitrogens is 3. The minimum Gasteiger partial charge on any atom is -0.454 e. The highest BCUT2D eigenvalue weighted by molar-refractivity contribution is 8.01. The van der Waals surface area contributed by atoms with Gasteiger partial charge in [-0.3, -0.25) is 4.79 Å². The lowest BCUT2D eigenvalue weighted by molar-refractivity contribution is 0.102. The largest absolute Gasteiger partial charge is 0.454 e. The number of nitrogens with one attached hydrogen (secondary N) is 1. The van der Waals surface area contributed by atoms with E-state index in [0.29, 0.717) is 17.4 Å². The van der Waals surface area contributed by atoms with Crippen LogP contribution in [0.4, 0.5) is 10.8 Å². The highest BCUT2D eigenvalue weighted by atomic mass is 32.2. The summed E-state index contributed by atoms with van der Waals surface area (Å²) in [5, 5.41) is 12.3. The number of ether oxygens (including phenoxy) is 2. The first kappa shape index (κ1) is 21.5. The van der Waals surface area contributed by atoms with Crippen LogP contribution < -0.4 is 14.8 Å². The molecule has 7 nitrogen and oxygen atoms in total. The molecule has 3 heterocycles. The summed E-state index contributed by atoms with van der Waals surface area (Å²) >= 11 is 2.85. The van der Waals surface area contributed by atoms with Crippen LogP contribution in [-0.2, 0) is 6.54 Å². The highest BCUT2D eigenvalue weighted by Crippen LogP contribution is 2.33. The van der Waals surface area contributed by atoms with Crippen LogP contribution in [-0.4, -0.2) is 33.1 Å². The predicted molar refractivity (Wildman–Crippen MR) is 130 cm³/mol. The van der Waals surface area contributed by atoms with Gasteiger partial charge in [0.1, 0.15) is 0 Å². The third kappa shape index (κ3) is 4.74. The second kappa shape index (κ2) is 9.29. The standard InChI is InChI=1S/C24H22N4O3S2/c1-15-10-19(16(2)28(15)12-17-8-9-21-22(11-17)31-14-30-21)20(29)13-32-24-27-26-23(33-24)25-18-6-4-3-5-7-18/h3-11H,12-14H2,1-2H3,(H,25,26). The van der Waals surface area contributed by atoms with Gasteiger partial charge in [-0.15, -0.1) is 10.2 Å². The molecule has 4 aromatic rings. The average molecular weight is 479 g/mol. The van der Waals surface area contributed by atoms with Crippen molar-refractivity contribution < 1.29 is 14.3 Å². The highest BCUT2D eigenvalue weighted by Gasteiger charge is 2.18. The van der Waals surface area contributed by atoms with Gasteiger partial charge in [-0.1, -0.05) is 47.4 Å². The second-order valence-electron chi connectivity index (χ2n) is 7.63. The number of carbonyl (C=O) groups is 1. The molecule has 0 spiro atoms. The fourth-order valence-electron chi connectivity index (χ4n) is 3.72. The summed E-state index contributed by atoms with van der Waals surface area (Å²) in [6.07, 6.45) is 0. The Hall–Kier alpha value is -3.30. The molecule has 0 radical (unpaired) electrons. The summed E-state index contributed by atoms with van der Waals surface area (Å²) in [4.78, 5) is 13.0. The summed E-state index contributed by atoms with van der Waals surface area (Å²) in [6.45, 7) is 4.94. The van der Waals surface area contributed by atoms with Crippen molar-refractivity contribution in [3.8, 4) is 11.5 Å². The Bertz CT molecular complexity index is 1300. The van der Waals surface area contributed by atoms with Crippen LogP contribution in [0.2, 0.25) is 0 Å². The van der Waals surface area contributed by atoms with Gasteiger partial charge in [0.25, 0.3) is 0 Å². The number of benzene rings is 2. The molecule has 1 aliphatic rings. The minimum absolute atomic E-state index is 0.0813. The summed E-state index contributed by atoms with van der Waals surface area (Å²) in [5.74, 6) is 1.93. The van der Waals surface area contributed by atoms with Crippen LogP contribution >= 0.6 is 23.1 Å². The van der Waals surface area contributed by atoms with Crippen molar-refractivity contribution in [1.29, 1.82) is 0 Å². The number of para-hydroxylation sites is 1. The lowest BCUT2D eigenvalue weighted by Gasteiger charge is -2.10. The maximum atomic E-state index is 13.0. The van der Waals surface area contributed by atoms with Crippen molar-refractivity contribution in [2.45, 2.75) is 24.7 Å². The Morgan fingerprint density at radius 2 is 1.91 bits per heavy atom. The molecule has 0 bridgehead atoms. The molecule has 1 N–H and O–H groups in total. The zero-order chi connectivity index (χ0) is 22.8. The molecular weight excluding hydrogens is 456 g/mol. The number of hydrogen-bond donors (Lipinski definition) is 1. The van der Waals surface area contributed by atoms with Gasteiger partial charge in [0.15, 0.2) is 21.6 Å². The normalized spacial score (nSPS) is 12.2. The first-order valence-corrected chi connectivity index (χ1v) is 12.2. The van der Waals surface area contributed by atoms with Gasteiger partial charge in [-0.2, -0.15) is 0 Å². The molecule has 168 valence electrons. The van der Waals surface area contributed by atoms with Crippen molar-refractivity contribution in [3.05, 3.63) is 77.1 Å². The Kier molecular flexibility index (Phi) is 6.06. The molecule has 0 aliphatic carbocycles. The van der Waals surface area contributed by atoms with E-state index in [4.69, 9.17) is 9.47 Å². The smallest absolute Gasteiger partial charge is 0.231 e. The monoisotopic (exact) mass is 478 g/mol. The number of hydrogen-bond acceptors (Lipinski definition) is 8. The van der Waals surface area contributed by atoms with E-state index in [0.717, 1.165) is 44.0 Å². The van der Waals surface area contributed by atoms with Gasteiger partial charge in [0.2, 0.25) is 11.9 Å². The lowest BCUT2D eigenvalue weighted by atomic mass is 10.1. The summed E-state index contributed by atoms with van der Waals surface area (Å²) < 4.78 is 13.8. The minimum atomic E-state index is 0.0813. The van der Waals surface area contributed by atoms with Gasteiger partial charge in [-0.05, 0) is 49.7 Å². The molecule has 0 saturated heterocycles. The number of thioether (sulfide) groups is 1. The molecule has 0 unspecified atom stereocenters. The number of anilines is 2. The number of aryl methyl sites for hydroxylation is 1. The third-order valence-electron chi connectivity index (χ3n) is 5.41. The topological polar surface area (TPSA) is 78.3 Å². The van der Waals surface area contributed by atoms with Crippen molar-refractivity contribution in [1.82, 2.24) is 14.8 Å². The van der Waals surface area contributed by atoms with E-state index in [1.807, 2.05) is 68.4 Å². The van der Waals surface area contributed by atoms with E-state index in [1.165, 1.54) is 23.1 Å². The SMILES string of the molecule is Cc1cc(C(=O)CSc2nnc(Nc3ccccc3)s2)c(C)n1Cc1ccc2c(c1)OCO2. The van der Waals surface area contributed by atoms with Gasteiger partial charge < -0.3 is 19.4 Å². The van der Waals surface area contributed by atoms with E-state index in [9.17, 15) is 4.79 Å². The molecule has 9 heteroatoms. The molecule has 0 saturated carbocycles. The van der Waals surface area contributed by atoms with Crippen LogP contribution in [0.25, 0.3) is 0 Å². The molecule has 0 atom stereocenters. The molecular formula is C24H22N4O3S2. The van der Waals surface area contributed by atoms with Gasteiger partial charge in [-0.25, -0.2) is 0 Å². The quantitative estimate of drug-likeness (QED) is 0.266. The molecule has 2 aromatic heterocycles. The predicted octanol–water partition coefficient (Wildman–Crippen LogP) is 5.45. The van der Waals surface area contributed by atoms with Crippen LogP contribution in [0.5, 0.6) is 11.5 Å². The van der Waals surface area contributed by atoms with Crippen LogP contribution in [0.15, 0.2) is 58.9 Å². The number of Topliss-reactive ketones (excluding diaryl/α,β-unsaturated/α-hetero) is 1. The van der Waals surface area contributed by atoms with Gasteiger partial charge >= 0.3 is 0 Å². The first-order valence-electron chi connectivity index (χ1n) is 10.4. The zero-order valence-electron chi connectivity index (χ0n) is 18.2. The number of ketones is 1. The van der Waals surface area contributed by atoms with Crippen LogP contribution in [0.3, 0.4) is 0 Å². The summed E-state index contributed by atoms with van der Waals surface area (Å²) in [5.41, 5.74) is 4.80. The molecule has 1 aliphatic heterocycles. The van der Waals surface area contributed by atoms with Gasteiger partial charge in [0.05, 0.1) is 5.75 Å². The maximum Gasteiger partial charge on any atom is 0.231 e. The fraction of sp³-hybridized carbons (Fsp3) is 0.208. The van der Waals surface area contributed by atoms with Crippen LogP contribution in [0, 0.1) is 13.8 Å². The fourth-order valence-corrected chi connectivity index (χ4v) is 5.37. The zero-order valence-corrected chi connectivity index (χ0v) is 19.8. The maximum absolute atomic E-state index is 13.0. The van der Waals surface area contributed by atoms with Crippen molar-refractivity contribution in [2.24, 2.45) is 0 Å². The van der Waals surface area contributed by atoms with Crippen molar-refractivity contribution in [3.63, 3.8) is 0 Å². The average Bonchev–Trinajstić information content (AvgIpc) is 3.54. The van der Waals surface area contributed by atoms with Crippen molar-refractivity contribution >= 4 is 39.7 Å². The lowest BCUT2D eigenvalue weighted by Crippen LogP contribution is -2.07. The number of fused-ring (bicyclic) bond motifs is 1. The van der Waals surface area contributed by atoms with E-state index in [2.05, 4.69) is 20.1 Å². The summed E-state index contributed by atoms with van der Waals surface area (Å²) in [6, 6.07) is 17.7. The van der Waals surface area contributed by atoms with E-state index >= 15 is 0 Å². The number of rotatable bonds is 8. The van der Waals surface area contributed by atoms with E-state index in [-0.39, 0.29) is 12.6 Å². The molecule has 2 aromatic carbocycles. The molecule has 33 heavy (non-hydrogen) atoms. The van der Waals surface area contributed by atoms with E-state index in [1.54, 1.807) is 0 Å². The van der Waals surface area contributed by atoms with Crippen molar-refractivity contribution in [2.75, 3.05) is 17.9 Å². The summed E-state index contributed by atoms with van der Waals surface area (Å²) in [7, 11) is 0. The van der Waals surface area contributed by atoms with E-state index < -0.39 is 0 Å². The second-order valence-corrected chi connectivity index (χ2v) is 9.83. The first-order chi connectivity index (χ1) is 16.1.